The number of morpholine rings is 1. The van der Waals surface area contributed by atoms with Gasteiger partial charge in [-0.2, -0.15) is 0 Å². The summed E-state index contributed by atoms with van der Waals surface area (Å²) in [4.78, 5) is 21.1. The number of hydrogen-bond acceptors (Lipinski definition) is 4. The van der Waals surface area contributed by atoms with Crippen LogP contribution in [0.15, 0.2) is 5.29 Å². The van der Waals surface area contributed by atoms with Crippen molar-refractivity contribution < 1.29 is 14.6 Å². The lowest BCUT2D eigenvalue weighted by Gasteiger charge is -2.48. The summed E-state index contributed by atoms with van der Waals surface area (Å²) in [7, 11) is 0. The molecular formula is C8H12N2O4. The first-order valence-corrected chi connectivity index (χ1v) is 4.64. The van der Waals surface area contributed by atoms with Crippen molar-refractivity contribution >= 4 is 5.97 Å². The predicted molar refractivity (Wildman–Crippen MR) is 46.5 cm³/mol. The highest BCUT2D eigenvalue weighted by molar-refractivity contribution is 5.72. The summed E-state index contributed by atoms with van der Waals surface area (Å²) in [5.74, 6) is -1.02. The molecule has 1 heterocycles. The Bertz CT molecular complexity index is 264. The number of aliphatic carboxylic acids is 1. The normalized spacial score (nSPS) is 29.7. The first-order valence-electron chi connectivity index (χ1n) is 4.64. The second-order valence-corrected chi connectivity index (χ2v) is 3.91. The molecule has 1 atom stereocenters. The number of hydrogen-bond donors (Lipinski definition) is 1. The maximum Gasteiger partial charge on any atom is 0.334 e. The lowest BCUT2D eigenvalue weighted by atomic mass is 9.78. The van der Waals surface area contributed by atoms with Gasteiger partial charge in [0.2, 0.25) is 0 Å². The number of carboxylic acids is 1. The first kappa shape index (κ1) is 9.39. The molecule has 78 valence electrons. The van der Waals surface area contributed by atoms with Crippen molar-refractivity contribution in [2.75, 3.05) is 13.1 Å². The van der Waals surface area contributed by atoms with Crippen LogP contribution < -0.4 is 0 Å². The van der Waals surface area contributed by atoms with Gasteiger partial charge in [-0.3, -0.25) is 5.01 Å². The van der Waals surface area contributed by atoms with Crippen LogP contribution in [-0.2, 0) is 9.53 Å². The zero-order valence-corrected chi connectivity index (χ0v) is 7.68. The van der Waals surface area contributed by atoms with E-state index in [-0.39, 0.29) is 6.54 Å². The molecule has 0 aromatic heterocycles. The fraction of sp³-hybridized carbons (Fsp3) is 0.875. The molecule has 0 amide bonds. The average molecular weight is 200 g/mol. The van der Waals surface area contributed by atoms with E-state index >= 15 is 0 Å². The molecule has 1 N–H and O–H groups in total. The molecule has 1 saturated carbocycles. The molecule has 0 aromatic rings. The molecule has 2 aliphatic rings. The largest absolute Gasteiger partial charge is 0.479 e. The van der Waals surface area contributed by atoms with Crippen molar-refractivity contribution in [1.29, 1.82) is 0 Å². The van der Waals surface area contributed by atoms with Crippen LogP contribution in [0.5, 0.6) is 0 Å². The van der Waals surface area contributed by atoms with Gasteiger partial charge >= 0.3 is 5.97 Å². The predicted octanol–water partition coefficient (Wildman–Crippen LogP) is 0.376. The van der Waals surface area contributed by atoms with Crippen LogP contribution in [-0.4, -0.2) is 40.9 Å². The van der Waals surface area contributed by atoms with Crippen LogP contribution in [0.4, 0.5) is 0 Å². The van der Waals surface area contributed by atoms with E-state index in [1.807, 2.05) is 0 Å². The van der Waals surface area contributed by atoms with Crippen LogP contribution in [0, 0.1) is 4.91 Å². The Morgan fingerprint density at radius 1 is 1.57 bits per heavy atom. The zero-order valence-electron chi connectivity index (χ0n) is 7.68. The van der Waals surface area contributed by atoms with Crippen LogP contribution >= 0.6 is 0 Å². The second-order valence-electron chi connectivity index (χ2n) is 3.91. The number of carboxylic acid groups (broad SMARTS) is 1. The highest BCUT2D eigenvalue weighted by Crippen LogP contribution is 2.39. The van der Waals surface area contributed by atoms with Gasteiger partial charge in [0.15, 0.2) is 6.10 Å². The monoisotopic (exact) mass is 200 g/mol. The summed E-state index contributed by atoms with van der Waals surface area (Å²) in [6.45, 7) is 0.487. The summed E-state index contributed by atoms with van der Waals surface area (Å²) in [5.41, 5.74) is -0.421. The van der Waals surface area contributed by atoms with Gasteiger partial charge < -0.3 is 9.84 Å². The molecule has 1 saturated heterocycles. The Kier molecular flexibility index (Phi) is 2.14. The molecule has 6 heteroatoms. The molecule has 14 heavy (non-hydrogen) atoms. The van der Waals surface area contributed by atoms with Gasteiger partial charge in [-0.1, -0.05) is 0 Å². The number of nitroso groups, excluding NO2 is 1. The molecule has 1 aliphatic heterocycles. The Morgan fingerprint density at radius 3 is 2.71 bits per heavy atom. The lowest BCUT2D eigenvalue weighted by molar-refractivity contribution is -0.205. The number of carbonyl (C=O) groups is 1. The van der Waals surface area contributed by atoms with Gasteiger partial charge in [0.1, 0.15) is 0 Å². The fourth-order valence-corrected chi connectivity index (χ4v) is 2.00. The molecule has 1 spiro atoms. The highest BCUT2D eigenvalue weighted by Gasteiger charge is 2.47. The Balaban J connectivity index is 2.08. The maximum absolute atomic E-state index is 10.7. The molecule has 0 radical (unpaired) electrons. The SMILES string of the molecule is O=NN1CC(C(=O)O)OC2(CCC2)C1. The van der Waals surface area contributed by atoms with E-state index in [9.17, 15) is 9.70 Å². The average Bonchev–Trinajstić information content (AvgIpc) is 2.14. The fourth-order valence-electron chi connectivity index (χ4n) is 2.00. The minimum atomic E-state index is -1.02. The van der Waals surface area contributed by atoms with E-state index < -0.39 is 17.7 Å². The molecule has 2 rings (SSSR count). The summed E-state index contributed by atoms with van der Waals surface area (Å²) in [5, 5.41) is 12.9. The molecule has 0 aromatic carbocycles. The van der Waals surface area contributed by atoms with Gasteiger partial charge in [-0.15, -0.1) is 4.91 Å². The van der Waals surface area contributed by atoms with E-state index in [0.717, 1.165) is 19.3 Å². The number of ether oxygens (including phenoxy) is 1. The van der Waals surface area contributed by atoms with Gasteiger partial charge in [0, 0.05) is 0 Å². The second kappa shape index (κ2) is 3.20. The standard InChI is InChI=1S/C8H12N2O4/c11-7(12)6-4-10(9-13)5-8(14-6)2-1-3-8/h6H,1-5H2,(H,11,12). The first-order chi connectivity index (χ1) is 6.65. The minimum Gasteiger partial charge on any atom is -0.479 e. The van der Waals surface area contributed by atoms with Gasteiger partial charge in [-0.25, -0.2) is 4.79 Å². The Hall–Kier alpha value is -1.17. The van der Waals surface area contributed by atoms with Crippen molar-refractivity contribution in [3.05, 3.63) is 4.91 Å². The third kappa shape index (κ3) is 1.45. The zero-order chi connectivity index (χ0) is 10.2. The van der Waals surface area contributed by atoms with Gasteiger partial charge in [0.25, 0.3) is 0 Å². The minimum absolute atomic E-state index is 0.0561. The van der Waals surface area contributed by atoms with Gasteiger partial charge in [0.05, 0.1) is 24.0 Å². The van der Waals surface area contributed by atoms with Crippen LogP contribution in [0.2, 0.25) is 0 Å². The molecule has 1 unspecified atom stereocenters. The van der Waals surface area contributed by atoms with Crippen LogP contribution in [0.25, 0.3) is 0 Å². The summed E-state index contributed by atoms with van der Waals surface area (Å²) in [6.07, 6.45) is 1.76. The molecule has 2 fully saturated rings. The van der Waals surface area contributed by atoms with Crippen molar-refractivity contribution in [3.63, 3.8) is 0 Å². The van der Waals surface area contributed by atoms with Crippen molar-refractivity contribution in [1.82, 2.24) is 5.01 Å². The van der Waals surface area contributed by atoms with Crippen LogP contribution in [0.1, 0.15) is 19.3 Å². The molecular weight excluding hydrogens is 188 g/mol. The molecule has 0 bridgehead atoms. The van der Waals surface area contributed by atoms with E-state index in [1.165, 1.54) is 5.01 Å². The highest BCUT2D eigenvalue weighted by atomic mass is 16.5. The third-order valence-corrected chi connectivity index (χ3v) is 2.90. The van der Waals surface area contributed by atoms with E-state index in [0.29, 0.717) is 6.54 Å². The third-order valence-electron chi connectivity index (χ3n) is 2.90. The molecule has 6 nitrogen and oxygen atoms in total. The van der Waals surface area contributed by atoms with E-state index in [4.69, 9.17) is 9.84 Å². The van der Waals surface area contributed by atoms with E-state index in [1.54, 1.807) is 0 Å². The topological polar surface area (TPSA) is 79.2 Å². The van der Waals surface area contributed by atoms with Crippen LogP contribution in [0.3, 0.4) is 0 Å². The summed E-state index contributed by atoms with van der Waals surface area (Å²) < 4.78 is 5.46. The number of rotatable bonds is 2. The van der Waals surface area contributed by atoms with Crippen molar-refractivity contribution in [2.24, 2.45) is 5.29 Å². The van der Waals surface area contributed by atoms with Crippen molar-refractivity contribution in [2.45, 2.75) is 31.0 Å². The summed E-state index contributed by atoms with van der Waals surface area (Å²) >= 11 is 0. The summed E-state index contributed by atoms with van der Waals surface area (Å²) in [6, 6.07) is 0. The van der Waals surface area contributed by atoms with E-state index in [2.05, 4.69) is 5.29 Å². The molecule has 1 aliphatic carbocycles. The Labute approximate surface area is 80.8 Å². The smallest absolute Gasteiger partial charge is 0.334 e. The Morgan fingerprint density at radius 2 is 2.29 bits per heavy atom. The quantitative estimate of drug-likeness (QED) is 0.651. The number of nitrogens with zero attached hydrogens (tertiary/aromatic N) is 2. The lowest BCUT2D eigenvalue weighted by Crippen LogP contribution is -2.59. The van der Waals surface area contributed by atoms with Crippen molar-refractivity contribution in [3.8, 4) is 0 Å². The maximum atomic E-state index is 10.7. The van der Waals surface area contributed by atoms with Gasteiger partial charge in [-0.05, 0) is 19.3 Å².